The van der Waals surface area contributed by atoms with Crippen LogP contribution < -0.4 is 0 Å². The zero-order chi connectivity index (χ0) is 15.6. The molecule has 0 unspecified atom stereocenters. The zero-order valence-corrected chi connectivity index (χ0v) is 13.3. The monoisotopic (exact) mass is 324 g/mol. The Balaban J connectivity index is 1.50. The van der Waals surface area contributed by atoms with E-state index >= 15 is 0 Å². The van der Waals surface area contributed by atoms with Gasteiger partial charge in [0.25, 0.3) is 0 Å². The van der Waals surface area contributed by atoms with Crippen LogP contribution in [0.25, 0.3) is 0 Å². The van der Waals surface area contributed by atoms with Crippen LogP contribution in [0.1, 0.15) is 31.2 Å². The number of piperidine rings is 2. The minimum absolute atomic E-state index is 0.284. The molecule has 3 rings (SSSR count). The fraction of sp³-hybridized carbons (Fsp3) is 0.667. The van der Waals surface area contributed by atoms with E-state index in [0.717, 1.165) is 50.9 Å². The van der Waals surface area contributed by atoms with Gasteiger partial charge in [0.15, 0.2) is 0 Å². The van der Waals surface area contributed by atoms with Gasteiger partial charge in [0.2, 0.25) is 5.28 Å². The third-order valence-corrected chi connectivity index (χ3v) is 5.29. The maximum atomic E-state index is 11.0. The van der Waals surface area contributed by atoms with E-state index in [-0.39, 0.29) is 5.28 Å². The van der Waals surface area contributed by atoms with E-state index in [9.17, 15) is 4.79 Å². The summed E-state index contributed by atoms with van der Waals surface area (Å²) >= 11 is 5.70. The van der Waals surface area contributed by atoms with Crippen LogP contribution in [0.4, 0.5) is 4.79 Å². The van der Waals surface area contributed by atoms with Crippen molar-refractivity contribution in [2.45, 2.75) is 32.2 Å². The van der Waals surface area contributed by atoms with Gasteiger partial charge in [-0.25, -0.2) is 14.8 Å². The highest BCUT2D eigenvalue weighted by atomic mass is 35.5. The van der Waals surface area contributed by atoms with Crippen molar-refractivity contribution in [1.82, 2.24) is 19.8 Å². The van der Waals surface area contributed by atoms with Gasteiger partial charge >= 0.3 is 6.09 Å². The van der Waals surface area contributed by atoms with Crippen LogP contribution in [0, 0.1) is 5.41 Å². The van der Waals surface area contributed by atoms with E-state index in [1.54, 1.807) is 17.3 Å². The molecule has 3 heterocycles. The van der Waals surface area contributed by atoms with Crippen molar-refractivity contribution < 1.29 is 9.90 Å². The summed E-state index contributed by atoms with van der Waals surface area (Å²) in [5, 5.41) is 9.33. The molecule has 0 atom stereocenters. The fourth-order valence-corrected chi connectivity index (χ4v) is 3.63. The van der Waals surface area contributed by atoms with E-state index in [4.69, 9.17) is 16.7 Å². The molecular formula is C15H21ClN4O2. The smallest absolute Gasteiger partial charge is 0.407 e. The lowest BCUT2D eigenvalue weighted by Crippen LogP contribution is -2.47. The van der Waals surface area contributed by atoms with Crippen molar-refractivity contribution >= 4 is 17.7 Å². The molecule has 0 aromatic carbocycles. The lowest BCUT2D eigenvalue weighted by atomic mass is 9.71. The van der Waals surface area contributed by atoms with Crippen molar-refractivity contribution in [2.24, 2.45) is 5.41 Å². The number of hydrogen-bond acceptors (Lipinski definition) is 4. The number of aromatic nitrogens is 2. The van der Waals surface area contributed by atoms with E-state index in [0.29, 0.717) is 18.5 Å². The lowest BCUT2D eigenvalue weighted by molar-refractivity contribution is 0.0340. The topological polar surface area (TPSA) is 69.6 Å². The maximum absolute atomic E-state index is 11.0. The highest BCUT2D eigenvalue weighted by Crippen LogP contribution is 2.41. The predicted molar refractivity (Wildman–Crippen MR) is 82.8 cm³/mol. The minimum Gasteiger partial charge on any atom is -0.465 e. The van der Waals surface area contributed by atoms with Gasteiger partial charge in [0.05, 0.1) is 0 Å². The first-order chi connectivity index (χ1) is 10.6. The zero-order valence-electron chi connectivity index (χ0n) is 12.5. The molecule has 1 amide bonds. The number of carboxylic acid groups (broad SMARTS) is 1. The first-order valence-corrected chi connectivity index (χ1v) is 8.11. The first-order valence-electron chi connectivity index (χ1n) is 7.73. The Morgan fingerprint density at radius 3 is 2.23 bits per heavy atom. The molecule has 0 aliphatic carbocycles. The van der Waals surface area contributed by atoms with Crippen LogP contribution >= 0.6 is 11.6 Å². The third-order valence-electron chi connectivity index (χ3n) is 5.09. The van der Waals surface area contributed by atoms with Crippen LogP contribution in [-0.4, -0.2) is 57.1 Å². The molecular weight excluding hydrogens is 304 g/mol. The SMILES string of the molecule is O=C(O)N1CCC2(CCN(Cc3cnc(Cl)nc3)CC2)CC1. The highest BCUT2D eigenvalue weighted by molar-refractivity contribution is 6.28. The molecule has 2 saturated heterocycles. The van der Waals surface area contributed by atoms with Gasteiger partial charge in [-0.2, -0.15) is 0 Å². The second-order valence-electron chi connectivity index (χ2n) is 6.41. The molecule has 2 aliphatic rings. The summed E-state index contributed by atoms with van der Waals surface area (Å²) < 4.78 is 0. The molecule has 2 aliphatic heterocycles. The van der Waals surface area contributed by atoms with Gasteiger partial charge in [0, 0.05) is 37.6 Å². The Bertz CT molecular complexity index is 519. The van der Waals surface area contributed by atoms with Crippen LogP contribution in [0.3, 0.4) is 0 Å². The van der Waals surface area contributed by atoms with Gasteiger partial charge in [-0.05, 0) is 55.8 Å². The summed E-state index contributed by atoms with van der Waals surface area (Å²) in [7, 11) is 0. The average molecular weight is 325 g/mol. The molecule has 1 aromatic heterocycles. The van der Waals surface area contributed by atoms with Gasteiger partial charge in [-0.15, -0.1) is 0 Å². The summed E-state index contributed by atoms with van der Waals surface area (Å²) in [5.74, 6) is 0. The molecule has 0 saturated carbocycles. The largest absolute Gasteiger partial charge is 0.465 e. The van der Waals surface area contributed by atoms with Crippen LogP contribution in [-0.2, 0) is 6.54 Å². The molecule has 0 bridgehead atoms. The summed E-state index contributed by atoms with van der Waals surface area (Å²) in [6.45, 7) is 4.32. The molecule has 2 fully saturated rings. The quantitative estimate of drug-likeness (QED) is 0.846. The van der Waals surface area contributed by atoms with E-state index in [2.05, 4.69) is 14.9 Å². The second-order valence-corrected chi connectivity index (χ2v) is 6.74. The van der Waals surface area contributed by atoms with Crippen molar-refractivity contribution in [3.8, 4) is 0 Å². The summed E-state index contributed by atoms with van der Waals surface area (Å²) in [6, 6.07) is 0. The van der Waals surface area contributed by atoms with Crippen LogP contribution in [0.15, 0.2) is 12.4 Å². The van der Waals surface area contributed by atoms with Crippen LogP contribution in [0.5, 0.6) is 0 Å². The summed E-state index contributed by atoms with van der Waals surface area (Å²) in [6.07, 6.45) is 7.07. The van der Waals surface area contributed by atoms with Gasteiger partial charge in [-0.3, -0.25) is 4.90 Å². The molecule has 1 spiro atoms. The van der Waals surface area contributed by atoms with Gasteiger partial charge < -0.3 is 10.0 Å². The summed E-state index contributed by atoms with van der Waals surface area (Å²) in [5.41, 5.74) is 1.43. The molecule has 6 nitrogen and oxygen atoms in total. The minimum atomic E-state index is -0.782. The summed E-state index contributed by atoms with van der Waals surface area (Å²) in [4.78, 5) is 23.0. The standard InChI is InChI=1S/C15H21ClN4O2/c16-13-17-9-12(10-18-13)11-19-5-1-15(2-6-19)3-7-20(8-4-15)14(21)22/h9-10H,1-8,11H2,(H,21,22). The Morgan fingerprint density at radius 1 is 1.14 bits per heavy atom. The highest BCUT2D eigenvalue weighted by Gasteiger charge is 2.38. The van der Waals surface area contributed by atoms with Crippen molar-refractivity contribution in [1.29, 1.82) is 0 Å². The van der Waals surface area contributed by atoms with Crippen molar-refractivity contribution in [3.63, 3.8) is 0 Å². The Hall–Kier alpha value is -1.40. The Morgan fingerprint density at radius 2 is 1.68 bits per heavy atom. The Labute approximate surface area is 135 Å². The number of amides is 1. The second kappa shape index (κ2) is 6.38. The molecule has 22 heavy (non-hydrogen) atoms. The number of nitrogens with zero attached hydrogens (tertiary/aromatic N) is 4. The number of hydrogen-bond donors (Lipinski definition) is 1. The molecule has 7 heteroatoms. The molecule has 0 radical (unpaired) electrons. The Kier molecular flexibility index (Phi) is 4.49. The maximum Gasteiger partial charge on any atom is 0.407 e. The van der Waals surface area contributed by atoms with Crippen LogP contribution in [0.2, 0.25) is 5.28 Å². The number of carbonyl (C=O) groups is 1. The van der Waals surface area contributed by atoms with Crippen molar-refractivity contribution in [2.75, 3.05) is 26.2 Å². The number of rotatable bonds is 2. The van der Waals surface area contributed by atoms with E-state index in [1.165, 1.54) is 0 Å². The third kappa shape index (κ3) is 3.50. The first kappa shape index (κ1) is 15.5. The van der Waals surface area contributed by atoms with E-state index in [1.807, 2.05) is 0 Å². The van der Waals surface area contributed by atoms with Crippen molar-refractivity contribution in [3.05, 3.63) is 23.2 Å². The van der Waals surface area contributed by atoms with Gasteiger partial charge in [-0.1, -0.05) is 0 Å². The van der Waals surface area contributed by atoms with Gasteiger partial charge in [0.1, 0.15) is 0 Å². The number of halogens is 1. The molecule has 1 N–H and O–H groups in total. The predicted octanol–water partition coefficient (Wildman–Crippen LogP) is 2.49. The number of likely N-dealkylation sites (tertiary alicyclic amines) is 2. The van der Waals surface area contributed by atoms with E-state index < -0.39 is 6.09 Å². The molecule has 1 aromatic rings. The lowest BCUT2D eigenvalue weighted by Gasteiger charge is -2.46. The average Bonchev–Trinajstić information content (AvgIpc) is 2.52. The molecule has 120 valence electrons. The normalized spacial score (nSPS) is 22.0. The fourth-order valence-electron chi connectivity index (χ4n) is 3.54.